The van der Waals surface area contributed by atoms with Crippen LogP contribution in [-0.2, 0) is 17.6 Å². The lowest BCUT2D eigenvalue weighted by Crippen LogP contribution is -2.37. The predicted molar refractivity (Wildman–Crippen MR) is 77.6 cm³/mol. The summed E-state index contributed by atoms with van der Waals surface area (Å²) >= 11 is 0. The molecule has 0 saturated heterocycles. The Hall–Kier alpha value is -2.24. The van der Waals surface area contributed by atoms with Crippen molar-refractivity contribution in [1.29, 1.82) is 0 Å². The van der Waals surface area contributed by atoms with Gasteiger partial charge in [-0.05, 0) is 38.5 Å². The van der Waals surface area contributed by atoms with Crippen molar-refractivity contribution in [3.63, 3.8) is 0 Å². The number of aryl methyl sites for hydroxylation is 2. The minimum absolute atomic E-state index is 0.00560. The number of pyridine rings is 1. The molecule has 0 radical (unpaired) electrons. The van der Waals surface area contributed by atoms with Crippen LogP contribution in [0.4, 0.5) is 0 Å². The van der Waals surface area contributed by atoms with Gasteiger partial charge in [0.05, 0.1) is 6.42 Å². The zero-order valence-electron chi connectivity index (χ0n) is 12.8. The molecule has 2 heterocycles. The molecule has 0 spiro atoms. The zero-order chi connectivity index (χ0) is 15.4. The molecule has 112 valence electrons. The SMILES string of the molecule is Cc1ccnc(C[C@H](C)N(C)C(=O)Cc2nonc2C)c1. The quantitative estimate of drug-likeness (QED) is 0.837. The van der Waals surface area contributed by atoms with E-state index in [2.05, 4.69) is 19.9 Å². The van der Waals surface area contributed by atoms with Crippen LogP contribution in [0.1, 0.15) is 29.6 Å². The minimum Gasteiger partial charge on any atom is -0.342 e. The predicted octanol–water partition coefficient (Wildman–Crippen LogP) is 1.71. The summed E-state index contributed by atoms with van der Waals surface area (Å²) in [4.78, 5) is 18.3. The fraction of sp³-hybridized carbons (Fsp3) is 0.467. The van der Waals surface area contributed by atoms with Gasteiger partial charge in [0.25, 0.3) is 0 Å². The number of aromatic nitrogens is 3. The molecule has 6 nitrogen and oxygen atoms in total. The lowest BCUT2D eigenvalue weighted by atomic mass is 10.1. The van der Waals surface area contributed by atoms with E-state index in [0.717, 1.165) is 12.1 Å². The topological polar surface area (TPSA) is 72.1 Å². The van der Waals surface area contributed by atoms with Crippen molar-refractivity contribution in [2.75, 3.05) is 7.05 Å². The lowest BCUT2D eigenvalue weighted by molar-refractivity contribution is -0.131. The van der Waals surface area contributed by atoms with Gasteiger partial charge in [0.15, 0.2) is 0 Å². The standard InChI is InChI=1S/C15H20N4O2/c1-10-5-6-16-13(7-10)8-11(2)19(4)15(20)9-14-12(3)17-21-18-14/h5-7,11H,8-9H2,1-4H3/t11-/m0/s1. The molecule has 0 saturated carbocycles. The Morgan fingerprint density at radius 3 is 2.76 bits per heavy atom. The first-order valence-corrected chi connectivity index (χ1v) is 6.92. The summed E-state index contributed by atoms with van der Waals surface area (Å²) in [6.45, 7) is 5.82. The summed E-state index contributed by atoms with van der Waals surface area (Å²) in [6, 6.07) is 4.07. The summed E-state index contributed by atoms with van der Waals surface area (Å²) in [5.41, 5.74) is 3.41. The van der Waals surface area contributed by atoms with Crippen molar-refractivity contribution in [2.24, 2.45) is 0 Å². The largest absolute Gasteiger partial charge is 0.342 e. The Bertz CT molecular complexity index is 624. The molecule has 2 rings (SSSR count). The first-order chi connectivity index (χ1) is 9.97. The summed E-state index contributed by atoms with van der Waals surface area (Å²) in [5.74, 6) is -0.00560. The second-order valence-electron chi connectivity index (χ2n) is 5.36. The summed E-state index contributed by atoms with van der Waals surface area (Å²) in [5, 5.41) is 7.43. The molecule has 1 amide bonds. The molecule has 0 aliphatic rings. The van der Waals surface area contributed by atoms with E-state index in [9.17, 15) is 4.79 Å². The smallest absolute Gasteiger partial charge is 0.228 e. The number of likely N-dealkylation sites (N-methyl/N-ethyl adjacent to an activating group) is 1. The summed E-state index contributed by atoms with van der Waals surface area (Å²) in [6.07, 6.45) is 2.72. The highest BCUT2D eigenvalue weighted by molar-refractivity contribution is 5.78. The van der Waals surface area contributed by atoms with Crippen molar-refractivity contribution in [3.8, 4) is 0 Å². The number of amides is 1. The fourth-order valence-electron chi connectivity index (χ4n) is 2.07. The normalized spacial score (nSPS) is 12.2. The number of nitrogens with zero attached hydrogens (tertiary/aromatic N) is 4. The van der Waals surface area contributed by atoms with E-state index in [0.29, 0.717) is 11.4 Å². The summed E-state index contributed by atoms with van der Waals surface area (Å²) in [7, 11) is 1.80. The molecule has 21 heavy (non-hydrogen) atoms. The molecule has 0 aliphatic carbocycles. The Balaban J connectivity index is 1.97. The van der Waals surface area contributed by atoms with Gasteiger partial charge in [-0.3, -0.25) is 9.78 Å². The first kappa shape index (κ1) is 15.2. The number of hydrogen-bond donors (Lipinski definition) is 0. The van der Waals surface area contributed by atoms with Crippen LogP contribution >= 0.6 is 0 Å². The Morgan fingerprint density at radius 2 is 2.14 bits per heavy atom. The average molecular weight is 288 g/mol. The van der Waals surface area contributed by atoms with Gasteiger partial charge in [0, 0.05) is 31.4 Å². The maximum absolute atomic E-state index is 12.3. The van der Waals surface area contributed by atoms with Crippen molar-refractivity contribution in [1.82, 2.24) is 20.2 Å². The van der Waals surface area contributed by atoms with E-state index in [-0.39, 0.29) is 18.4 Å². The third-order valence-electron chi connectivity index (χ3n) is 3.60. The second kappa shape index (κ2) is 6.47. The van der Waals surface area contributed by atoms with Crippen LogP contribution in [0.2, 0.25) is 0 Å². The molecule has 1 atom stereocenters. The van der Waals surface area contributed by atoms with Gasteiger partial charge in [0.1, 0.15) is 11.4 Å². The lowest BCUT2D eigenvalue weighted by Gasteiger charge is -2.24. The molecular weight excluding hydrogens is 268 g/mol. The van der Waals surface area contributed by atoms with Crippen LogP contribution < -0.4 is 0 Å². The molecule has 6 heteroatoms. The fourth-order valence-corrected chi connectivity index (χ4v) is 2.07. The van der Waals surface area contributed by atoms with E-state index < -0.39 is 0 Å². The van der Waals surface area contributed by atoms with Crippen LogP contribution in [0, 0.1) is 13.8 Å². The molecule has 0 unspecified atom stereocenters. The molecule has 2 aromatic heterocycles. The van der Waals surface area contributed by atoms with Crippen molar-refractivity contribution < 1.29 is 9.42 Å². The third-order valence-corrected chi connectivity index (χ3v) is 3.60. The molecule has 0 fully saturated rings. The van der Waals surface area contributed by atoms with Gasteiger partial charge in [-0.25, -0.2) is 4.63 Å². The Labute approximate surface area is 124 Å². The third kappa shape index (κ3) is 3.87. The number of rotatable bonds is 5. The van der Waals surface area contributed by atoms with E-state index in [1.807, 2.05) is 26.0 Å². The maximum atomic E-state index is 12.3. The van der Waals surface area contributed by atoms with Crippen LogP contribution in [0.5, 0.6) is 0 Å². The molecule has 2 aromatic rings. The minimum atomic E-state index is -0.00560. The molecule has 0 N–H and O–H groups in total. The van der Waals surface area contributed by atoms with E-state index in [1.54, 1.807) is 25.1 Å². The molecule has 0 bridgehead atoms. The van der Waals surface area contributed by atoms with E-state index in [4.69, 9.17) is 0 Å². The van der Waals surface area contributed by atoms with Gasteiger partial charge in [-0.15, -0.1) is 0 Å². The number of carbonyl (C=O) groups excluding carboxylic acids is 1. The van der Waals surface area contributed by atoms with Crippen molar-refractivity contribution in [2.45, 2.75) is 39.7 Å². The monoisotopic (exact) mass is 288 g/mol. The van der Waals surface area contributed by atoms with Gasteiger partial charge in [-0.2, -0.15) is 0 Å². The van der Waals surface area contributed by atoms with Crippen LogP contribution in [0.3, 0.4) is 0 Å². The van der Waals surface area contributed by atoms with E-state index in [1.165, 1.54) is 5.56 Å². The van der Waals surface area contributed by atoms with Crippen molar-refractivity contribution in [3.05, 3.63) is 41.0 Å². The molecular formula is C15H20N4O2. The van der Waals surface area contributed by atoms with Gasteiger partial charge < -0.3 is 4.90 Å². The molecule has 0 aliphatic heterocycles. The van der Waals surface area contributed by atoms with Crippen LogP contribution in [0.15, 0.2) is 23.0 Å². The van der Waals surface area contributed by atoms with E-state index >= 15 is 0 Å². The van der Waals surface area contributed by atoms with Crippen LogP contribution in [-0.4, -0.2) is 39.2 Å². The highest BCUT2D eigenvalue weighted by atomic mass is 16.6. The van der Waals surface area contributed by atoms with Crippen molar-refractivity contribution >= 4 is 5.91 Å². The number of hydrogen-bond acceptors (Lipinski definition) is 5. The highest BCUT2D eigenvalue weighted by Gasteiger charge is 2.19. The van der Waals surface area contributed by atoms with Gasteiger partial charge in [0.2, 0.25) is 5.91 Å². The summed E-state index contributed by atoms with van der Waals surface area (Å²) < 4.78 is 4.61. The Kier molecular flexibility index (Phi) is 4.67. The zero-order valence-corrected chi connectivity index (χ0v) is 12.8. The highest BCUT2D eigenvalue weighted by Crippen LogP contribution is 2.10. The average Bonchev–Trinajstić information content (AvgIpc) is 2.83. The van der Waals surface area contributed by atoms with Gasteiger partial charge >= 0.3 is 0 Å². The molecule has 0 aromatic carbocycles. The Morgan fingerprint density at radius 1 is 1.38 bits per heavy atom. The van der Waals surface area contributed by atoms with Gasteiger partial charge in [-0.1, -0.05) is 10.3 Å². The second-order valence-corrected chi connectivity index (χ2v) is 5.36. The number of carbonyl (C=O) groups is 1. The maximum Gasteiger partial charge on any atom is 0.228 e. The first-order valence-electron chi connectivity index (χ1n) is 6.92. The van der Waals surface area contributed by atoms with Crippen LogP contribution in [0.25, 0.3) is 0 Å².